The second-order valence-electron chi connectivity index (χ2n) is 6.61. The molecule has 126 valence electrons. The first-order valence-electron chi connectivity index (χ1n) is 8.41. The zero-order valence-electron chi connectivity index (χ0n) is 14.2. The third-order valence-corrected chi connectivity index (χ3v) is 5.18. The Morgan fingerprint density at radius 3 is 2.48 bits per heavy atom. The predicted octanol–water partition coefficient (Wildman–Crippen LogP) is 2.96. The molecule has 1 aliphatic heterocycles. The molecule has 5 nitrogen and oxygen atoms in total. The minimum atomic E-state index is 0.0594. The quantitative estimate of drug-likeness (QED) is 0.932. The Labute approximate surface area is 137 Å². The first-order chi connectivity index (χ1) is 11.1. The van der Waals surface area contributed by atoms with E-state index < -0.39 is 0 Å². The molecule has 1 saturated carbocycles. The van der Waals surface area contributed by atoms with Crippen LogP contribution in [0.4, 0.5) is 4.79 Å². The molecule has 23 heavy (non-hydrogen) atoms. The SMILES string of the molecule is COc1cc2c(cc1OC)CN(C(=O)NC1CCCC1C)CC2. The Kier molecular flexibility index (Phi) is 4.64. The van der Waals surface area contributed by atoms with Gasteiger partial charge < -0.3 is 19.7 Å². The van der Waals surface area contributed by atoms with Gasteiger partial charge in [0.2, 0.25) is 0 Å². The van der Waals surface area contributed by atoms with Crippen molar-refractivity contribution in [2.75, 3.05) is 20.8 Å². The number of carbonyl (C=O) groups is 1. The van der Waals surface area contributed by atoms with Gasteiger partial charge in [0, 0.05) is 19.1 Å². The van der Waals surface area contributed by atoms with E-state index in [9.17, 15) is 4.79 Å². The summed E-state index contributed by atoms with van der Waals surface area (Å²) in [5.41, 5.74) is 2.38. The molecule has 2 amide bonds. The third kappa shape index (κ3) is 3.23. The van der Waals surface area contributed by atoms with E-state index in [1.54, 1.807) is 14.2 Å². The van der Waals surface area contributed by atoms with Crippen LogP contribution in [-0.4, -0.2) is 37.7 Å². The van der Waals surface area contributed by atoms with Crippen molar-refractivity contribution in [3.8, 4) is 11.5 Å². The molecule has 1 aromatic rings. The standard InChI is InChI=1S/C18H26N2O3/c1-12-5-4-6-15(12)19-18(21)20-8-7-13-9-16(22-2)17(23-3)10-14(13)11-20/h9-10,12,15H,4-8,11H2,1-3H3,(H,19,21). The molecule has 2 unspecified atom stereocenters. The van der Waals surface area contributed by atoms with Crippen molar-refractivity contribution in [1.29, 1.82) is 0 Å². The molecule has 0 aromatic heterocycles. The summed E-state index contributed by atoms with van der Waals surface area (Å²) in [6, 6.07) is 4.41. The van der Waals surface area contributed by atoms with Crippen molar-refractivity contribution >= 4 is 6.03 Å². The number of methoxy groups -OCH3 is 2. The lowest BCUT2D eigenvalue weighted by atomic mass is 9.99. The number of urea groups is 1. The molecule has 0 radical (unpaired) electrons. The Balaban J connectivity index is 1.70. The molecule has 5 heteroatoms. The van der Waals surface area contributed by atoms with Crippen LogP contribution in [0.5, 0.6) is 11.5 Å². The van der Waals surface area contributed by atoms with Crippen LogP contribution in [-0.2, 0) is 13.0 Å². The molecule has 0 bridgehead atoms. The van der Waals surface area contributed by atoms with Crippen LogP contribution in [0, 0.1) is 5.92 Å². The zero-order chi connectivity index (χ0) is 16.4. The number of benzene rings is 1. The molecular weight excluding hydrogens is 292 g/mol. The highest BCUT2D eigenvalue weighted by Gasteiger charge is 2.28. The van der Waals surface area contributed by atoms with Gasteiger partial charge in [-0.15, -0.1) is 0 Å². The number of hydrogen-bond donors (Lipinski definition) is 1. The molecule has 1 aliphatic carbocycles. The lowest BCUT2D eigenvalue weighted by molar-refractivity contribution is 0.185. The molecule has 2 aliphatic rings. The second-order valence-corrected chi connectivity index (χ2v) is 6.61. The molecule has 1 fully saturated rings. The smallest absolute Gasteiger partial charge is 0.317 e. The molecular formula is C18H26N2O3. The fraction of sp³-hybridized carbons (Fsp3) is 0.611. The highest BCUT2D eigenvalue weighted by atomic mass is 16.5. The highest BCUT2D eigenvalue weighted by Crippen LogP contribution is 2.33. The topological polar surface area (TPSA) is 50.8 Å². The van der Waals surface area contributed by atoms with Crippen molar-refractivity contribution in [2.45, 2.75) is 45.2 Å². The van der Waals surface area contributed by atoms with E-state index in [0.29, 0.717) is 18.5 Å². The summed E-state index contributed by atoms with van der Waals surface area (Å²) >= 11 is 0. The number of fused-ring (bicyclic) bond motifs is 1. The maximum absolute atomic E-state index is 12.5. The normalized spacial score (nSPS) is 23.3. The lowest BCUT2D eigenvalue weighted by Crippen LogP contribution is -2.47. The van der Waals surface area contributed by atoms with E-state index in [0.717, 1.165) is 36.4 Å². The monoisotopic (exact) mass is 318 g/mol. The van der Waals surface area contributed by atoms with Crippen LogP contribution < -0.4 is 14.8 Å². The summed E-state index contributed by atoms with van der Waals surface area (Å²) in [4.78, 5) is 14.4. The summed E-state index contributed by atoms with van der Waals surface area (Å²) in [6.45, 7) is 3.60. The average molecular weight is 318 g/mol. The Hall–Kier alpha value is -1.91. The van der Waals surface area contributed by atoms with Crippen LogP contribution in [0.15, 0.2) is 12.1 Å². The van der Waals surface area contributed by atoms with Crippen molar-refractivity contribution in [1.82, 2.24) is 10.2 Å². The first-order valence-corrected chi connectivity index (χ1v) is 8.41. The van der Waals surface area contributed by atoms with E-state index in [1.807, 2.05) is 17.0 Å². The fourth-order valence-corrected chi connectivity index (χ4v) is 3.67. The van der Waals surface area contributed by atoms with Gasteiger partial charge in [0.15, 0.2) is 11.5 Å². The number of carbonyl (C=O) groups excluding carboxylic acids is 1. The van der Waals surface area contributed by atoms with Crippen LogP contribution in [0.3, 0.4) is 0 Å². The average Bonchev–Trinajstić information content (AvgIpc) is 2.97. The number of amides is 2. The molecule has 0 saturated heterocycles. The number of nitrogens with zero attached hydrogens (tertiary/aromatic N) is 1. The van der Waals surface area contributed by atoms with Crippen molar-refractivity contribution in [3.05, 3.63) is 23.3 Å². The van der Waals surface area contributed by atoms with Gasteiger partial charge in [0.05, 0.1) is 14.2 Å². The van der Waals surface area contributed by atoms with E-state index in [1.165, 1.54) is 18.4 Å². The predicted molar refractivity (Wildman–Crippen MR) is 89.0 cm³/mol. The Morgan fingerprint density at radius 2 is 1.87 bits per heavy atom. The number of nitrogens with one attached hydrogen (secondary N) is 1. The maximum Gasteiger partial charge on any atom is 0.317 e. The van der Waals surface area contributed by atoms with Gasteiger partial charge in [0.1, 0.15) is 0 Å². The van der Waals surface area contributed by atoms with E-state index >= 15 is 0 Å². The van der Waals surface area contributed by atoms with Gasteiger partial charge in [0.25, 0.3) is 0 Å². The third-order valence-electron chi connectivity index (χ3n) is 5.18. The van der Waals surface area contributed by atoms with Gasteiger partial charge in [-0.1, -0.05) is 13.3 Å². The zero-order valence-corrected chi connectivity index (χ0v) is 14.2. The Morgan fingerprint density at radius 1 is 1.17 bits per heavy atom. The number of ether oxygens (including phenoxy) is 2. The van der Waals surface area contributed by atoms with Gasteiger partial charge in [-0.2, -0.15) is 0 Å². The lowest BCUT2D eigenvalue weighted by Gasteiger charge is -2.31. The summed E-state index contributed by atoms with van der Waals surface area (Å²) < 4.78 is 10.7. The highest BCUT2D eigenvalue weighted by molar-refractivity contribution is 5.75. The largest absolute Gasteiger partial charge is 0.493 e. The first kappa shape index (κ1) is 16.0. The van der Waals surface area contributed by atoms with Crippen LogP contribution in [0.1, 0.15) is 37.3 Å². The van der Waals surface area contributed by atoms with Crippen LogP contribution >= 0.6 is 0 Å². The van der Waals surface area contributed by atoms with Crippen molar-refractivity contribution in [3.63, 3.8) is 0 Å². The summed E-state index contributed by atoms with van der Waals surface area (Å²) in [6.07, 6.45) is 4.38. The summed E-state index contributed by atoms with van der Waals surface area (Å²) in [7, 11) is 3.29. The maximum atomic E-state index is 12.5. The van der Waals surface area contributed by atoms with Crippen LogP contribution in [0.25, 0.3) is 0 Å². The minimum Gasteiger partial charge on any atom is -0.493 e. The van der Waals surface area contributed by atoms with E-state index in [2.05, 4.69) is 12.2 Å². The van der Waals surface area contributed by atoms with E-state index in [4.69, 9.17) is 9.47 Å². The second kappa shape index (κ2) is 6.69. The number of rotatable bonds is 3. The molecule has 3 rings (SSSR count). The van der Waals surface area contributed by atoms with Gasteiger partial charge >= 0.3 is 6.03 Å². The Bertz CT molecular complexity index is 588. The minimum absolute atomic E-state index is 0.0594. The molecule has 1 N–H and O–H groups in total. The molecule has 1 heterocycles. The molecule has 1 aromatic carbocycles. The molecule has 2 atom stereocenters. The molecule has 0 spiro atoms. The van der Waals surface area contributed by atoms with Gasteiger partial charge in [-0.3, -0.25) is 0 Å². The van der Waals surface area contributed by atoms with Gasteiger partial charge in [-0.05, 0) is 48.4 Å². The van der Waals surface area contributed by atoms with Crippen molar-refractivity contribution < 1.29 is 14.3 Å². The van der Waals surface area contributed by atoms with Crippen molar-refractivity contribution in [2.24, 2.45) is 5.92 Å². The van der Waals surface area contributed by atoms with E-state index in [-0.39, 0.29) is 6.03 Å². The fourth-order valence-electron chi connectivity index (χ4n) is 3.67. The van der Waals surface area contributed by atoms with Gasteiger partial charge in [-0.25, -0.2) is 4.79 Å². The summed E-state index contributed by atoms with van der Waals surface area (Å²) in [5.74, 6) is 2.06. The summed E-state index contributed by atoms with van der Waals surface area (Å²) in [5, 5.41) is 3.21. The van der Waals surface area contributed by atoms with Crippen LogP contribution in [0.2, 0.25) is 0 Å². The number of hydrogen-bond acceptors (Lipinski definition) is 3.